The number of hydrogen-bond donors (Lipinski definition) is 1. The zero-order valence-electron chi connectivity index (χ0n) is 17.3. The third kappa shape index (κ3) is 4.47. The van der Waals surface area contributed by atoms with Gasteiger partial charge >= 0.3 is 6.03 Å². The van der Waals surface area contributed by atoms with Crippen LogP contribution in [0.3, 0.4) is 0 Å². The molecule has 4 rings (SSSR count). The normalized spacial score (nSPS) is 18.9. The first-order valence-corrected chi connectivity index (χ1v) is 10.5. The van der Waals surface area contributed by atoms with Crippen molar-refractivity contribution in [1.82, 2.24) is 4.90 Å². The first-order valence-electron chi connectivity index (χ1n) is 10.5. The Morgan fingerprint density at radius 1 is 1.13 bits per heavy atom. The average Bonchev–Trinajstić information content (AvgIpc) is 2.80. The van der Waals surface area contributed by atoms with Crippen LogP contribution in [0.1, 0.15) is 26.2 Å². The predicted octanol–water partition coefficient (Wildman–Crippen LogP) is 4.41. The zero-order valence-corrected chi connectivity index (χ0v) is 17.3. The monoisotopic (exact) mass is 429 g/mol. The van der Waals surface area contributed by atoms with Gasteiger partial charge in [0.2, 0.25) is 5.91 Å². The Labute approximate surface area is 179 Å². The molecule has 0 aromatic heterocycles. The molecule has 0 radical (unpaired) electrons. The molecule has 1 N–H and O–H groups in total. The number of likely N-dealkylation sites (tertiary alicyclic amines) is 1. The van der Waals surface area contributed by atoms with E-state index in [-0.39, 0.29) is 29.6 Å². The number of ether oxygens (including phenoxy) is 1. The lowest BCUT2D eigenvalue weighted by molar-refractivity contribution is -0.121. The molecule has 0 saturated carbocycles. The van der Waals surface area contributed by atoms with Gasteiger partial charge in [0.05, 0.1) is 17.9 Å². The fraction of sp³-hybridized carbons (Fsp3) is 0.391. The third-order valence-corrected chi connectivity index (χ3v) is 5.84. The number of benzene rings is 2. The van der Waals surface area contributed by atoms with Crippen molar-refractivity contribution in [3.05, 3.63) is 54.1 Å². The maximum absolute atomic E-state index is 13.8. The fourth-order valence-corrected chi connectivity index (χ4v) is 4.02. The van der Waals surface area contributed by atoms with Crippen molar-refractivity contribution in [2.24, 2.45) is 5.92 Å². The summed E-state index contributed by atoms with van der Waals surface area (Å²) in [5.41, 5.74) is 0.581. The van der Waals surface area contributed by atoms with Crippen LogP contribution in [0.5, 0.6) is 5.75 Å². The number of anilines is 2. The smallest absolute Gasteiger partial charge is 0.324 e. The van der Waals surface area contributed by atoms with Crippen LogP contribution in [0.25, 0.3) is 0 Å². The fourth-order valence-electron chi connectivity index (χ4n) is 4.02. The van der Waals surface area contributed by atoms with Crippen LogP contribution in [-0.4, -0.2) is 42.6 Å². The summed E-state index contributed by atoms with van der Waals surface area (Å²) in [7, 11) is 0. The first-order chi connectivity index (χ1) is 15.0. The molecule has 1 saturated heterocycles. The van der Waals surface area contributed by atoms with E-state index in [9.17, 15) is 18.4 Å². The number of rotatable bonds is 3. The molecule has 1 unspecified atom stereocenters. The summed E-state index contributed by atoms with van der Waals surface area (Å²) in [6.45, 7) is 3.33. The highest BCUT2D eigenvalue weighted by atomic mass is 19.1. The highest BCUT2D eigenvalue weighted by Gasteiger charge is 2.34. The Bertz CT molecular complexity index is 976. The van der Waals surface area contributed by atoms with Gasteiger partial charge in [0.15, 0.2) is 0 Å². The van der Waals surface area contributed by atoms with Gasteiger partial charge in [0, 0.05) is 25.1 Å². The topological polar surface area (TPSA) is 61.9 Å². The van der Waals surface area contributed by atoms with Gasteiger partial charge in [-0.2, -0.15) is 0 Å². The largest absolute Gasteiger partial charge is 0.486 e. The van der Waals surface area contributed by atoms with E-state index < -0.39 is 11.6 Å². The van der Waals surface area contributed by atoms with Crippen molar-refractivity contribution in [3.8, 4) is 5.75 Å². The summed E-state index contributed by atoms with van der Waals surface area (Å²) in [5, 5.41) is 2.47. The van der Waals surface area contributed by atoms with E-state index in [0.29, 0.717) is 38.2 Å². The number of fused-ring (bicyclic) bond motifs is 1. The maximum atomic E-state index is 13.8. The minimum Gasteiger partial charge on any atom is -0.486 e. The Morgan fingerprint density at radius 2 is 1.87 bits per heavy atom. The molecule has 2 aliphatic rings. The number of hydrogen-bond acceptors (Lipinski definition) is 3. The van der Waals surface area contributed by atoms with Crippen LogP contribution < -0.4 is 15.0 Å². The molecule has 2 aliphatic heterocycles. The van der Waals surface area contributed by atoms with Gasteiger partial charge in [-0.15, -0.1) is 0 Å². The van der Waals surface area contributed by atoms with Crippen LogP contribution in [-0.2, 0) is 4.79 Å². The molecule has 2 aromatic rings. The Morgan fingerprint density at radius 3 is 2.61 bits per heavy atom. The number of carbonyl (C=O) groups is 2. The van der Waals surface area contributed by atoms with E-state index in [1.165, 1.54) is 0 Å². The molecule has 2 aromatic carbocycles. The highest BCUT2D eigenvalue weighted by molar-refractivity contribution is 5.95. The summed E-state index contributed by atoms with van der Waals surface area (Å²) in [5.74, 6) is -1.33. The van der Waals surface area contributed by atoms with E-state index in [1.807, 2.05) is 31.2 Å². The quantitative estimate of drug-likeness (QED) is 0.786. The van der Waals surface area contributed by atoms with Crippen molar-refractivity contribution in [2.75, 3.05) is 29.9 Å². The van der Waals surface area contributed by atoms with Crippen molar-refractivity contribution < 1.29 is 23.1 Å². The summed E-state index contributed by atoms with van der Waals surface area (Å²) >= 11 is 0. The molecule has 1 fully saturated rings. The molecule has 2 heterocycles. The number of nitrogens with one attached hydrogen (secondary N) is 1. The third-order valence-electron chi connectivity index (χ3n) is 5.84. The SMILES string of the molecule is CCC1CN(C(=O)N2CCC(C(=O)Nc3cc(F)ccc3F)CC2)c2ccccc2O1. The minimum atomic E-state index is -0.682. The molecule has 0 bridgehead atoms. The molecule has 6 nitrogen and oxygen atoms in total. The van der Waals surface area contributed by atoms with Crippen molar-refractivity contribution >= 4 is 23.3 Å². The predicted molar refractivity (Wildman–Crippen MR) is 113 cm³/mol. The van der Waals surface area contributed by atoms with Crippen molar-refractivity contribution in [1.29, 1.82) is 0 Å². The second kappa shape index (κ2) is 8.91. The molecule has 1 atom stereocenters. The standard InChI is InChI=1S/C23H25F2N3O3/c1-2-17-14-28(20-5-3-4-6-21(20)31-17)23(30)27-11-9-15(10-12-27)22(29)26-19-13-16(24)7-8-18(19)25/h3-8,13,15,17H,2,9-12,14H2,1H3,(H,26,29). The van der Waals surface area contributed by atoms with Gasteiger partial charge in [0.25, 0.3) is 0 Å². The van der Waals surface area contributed by atoms with Crippen LogP contribution in [0.4, 0.5) is 25.0 Å². The van der Waals surface area contributed by atoms with E-state index in [2.05, 4.69) is 5.32 Å². The van der Waals surface area contributed by atoms with E-state index in [0.717, 1.165) is 30.3 Å². The summed E-state index contributed by atoms with van der Waals surface area (Å²) < 4.78 is 33.1. The Kier molecular flexibility index (Phi) is 6.06. The molecule has 3 amide bonds. The van der Waals surface area contributed by atoms with Gasteiger partial charge in [-0.25, -0.2) is 13.6 Å². The average molecular weight is 429 g/mol. The number of halogens is 2. The van der Waals surface area contributed by atoms with Gasteiger partial charge in [-0.1, -0.05) is 19.1 Å². The van der Waals surface area contributed by atoms with Crippen LogP contribution in [0, 0.1) is 17.6 Å². The Balaban J connectivity index is 1.39. The number of piperidine rings is 1. The van der Waals surface area contributed by atoms with Crippen molar-refractivity contribution in [3.63, 3.8) is 0 Å². The molecule has 164 valence electrons. The summed E-state index contributed by atoms with van der Waals surface area (Å²) in [4.78, 5) is 29.2. The lowest BCUT2D eigenvalue weighted by Gasteiger charge is -2.39. The number of amides is 3. The second-order valence-corrected chi connectivity index (χ2v) is 7.88. The van der Waals surface area contributed by atoms with Gasteiger partial charge in [-0.3, -0.25) is 9.69 Å². The molecular weight excluding hydrogens is 404 g/mol. The highest BCUT2D eigenvalue weighted by Crippen LogP contribution is 2.35. The zero-order chi connectivity index (χ0) is 22.0. The van der Waals surface area contributed by atoms with Crippen LogP contribution in [0.15, 0.2) is 42.5 Å². The number of nitrogens with zero attached hydrogens (tertiary/aromatic N) is 2. The van der Waals surface area contributed by atoms with Gasteiger partial charge in [0.1, 0.15) is 23.5 Å². The summed E-state index contributed by atoms with van der Waals surface area (Å²) in [6.07, 6.45) is 1.63. The number of urea groups is 1. The molecular formula is C23H25F2N3O3. The minimum absolute atomic E-state index is 0.0664. The molecule has 0 spiro atoms. The Hall–Kier alpha value is -3.16. The number of para-hydroxylation sites is 2. The number of carbonyl (C=O) groups excluding carboxylic acids is 2. The maximum Gasteiger partial charge on any atom is 0.324 e. The molecule has 8 heteroatoms. The van der Waals surface area contributed by atoms with Crippen LogP contribution >= 0.6 is 0 Å². The lowest BCUT2D eigenvalue weighted by atomic mass is 9.96. The molecule has 0 aliphatic carbocycles. The van der Waals surface area contributed by atoms with E-state index in [4.69, 9.17) is 4.74 Å². The molecule has 31 heavy (non-hydrogen) atoms. The van der Waals surface area contributed by atoms with Gasteiger partial charge in [-0.05, 0) is 43.5 Å². The van der Waals surface area contributed by atoms with Crippen molar-refractivity contribution in [2.45, 2.75) is 32.3 Å². The first kappa shape index (κ1) is 21.1. The van der Waals surface area contributed by atoms with Crippen LogP contribution in [0.2, 0.25) is 0 Å². The van der Waals surface area contributed by atoms with Gasteiger partial charge < -0.3 is 15.0 Å². The van der Waals surface area contributed by atoms with E-state index in [1.54, 1.807) is 9.80 Å². The second-order valence-electron chi connectivity index (χ2n) is 7.88. The summed E-state index contributed by atoms with van der Waals surface area (Å²) in [6, 6.07) is 10.3. The lowest BCUT2D eigenvalue weighted by Crippen LogP contribution is -2.52. The van der Waals surface area contributed by atoms with E-state index >= 15 is 0 Å².